The lowest BCUT2D eigenvalue weighted by Gasteiger charge is -2.09. The number of aromatic nitrogens is 1. The smallest absolute Gasteiger partial charge is 0.132 e. The van der Waals surface area contributed by atoms with E-state index in [0.29, 0.717) is 28.1 Å². The van der Waals surface area contributed by atoms with Crippen LogP contribution >= 0.6 is 0 Å². The molecule has 0 aliphatic carbocycles. The molecular weight excluding hydrogens is 270 g/mol. The molecule has 0 fully saturated rings. The predicted molar refractivity (Wildman–Crippen MR) is 79.4 cm³/mol. The lowest BCUT2D eigenvalue weighted by molar-refractivity contribution is 0.630. The van der Waals surface area contributed by atoms with Gasteiger partial charge < -0.3 is 5.73 Å². The first kappa shape index (κ1) is 13.2. The molecule has 2 N–H and O–H groups in total. The normalized spacial score (nSPS) is 10.6. The van der Waals surface area contributed by atoms with Crippen LogP contribution in [0.3, 0.4) is 0 Å². The lowest BCUT2D eigenvalue weighted by atomic mass is 10.0. The average molecular weight is 282 g/mol. The molecule has 0 unspecified atom stereocenters. The van der Waals surface area contributed by atoms with E-state index in [2.05, 4.69) is 4.98 Å². The van der Waals surface area contributed by atoms with Crippen LogP contribution in [0.15, 0.2) is 60.8 Å². The van der Waals surface area contributed by atoms with E-state index in [1.807, 2.05) is 0 Å². The molecule has 0 atom stereocenters. The van der Waals surface area contributed by atoms with Gasteiger partial charge in [0.05, 0.1) is 5.69 Å². The van der Waals surface area contributed by atoms with Gasteiger partial charge in [-0.2, -0.15) is 0 Å². The molecule has 0 saturated heterocycles. The van der Waals surface area contributed by atoms with Crippen molar-refractivity contribution in [3.8, 4) is 22.4 Å². The van der Waals surface area contributed by atoms with E-state index < -0.39 is 0 Å². The van der Waals surface area contributed by atoms with Crippen molar-refractivity contribution in [2.45, 2.75) is 0 Å². The summed E-state index contributed by atoms with van der Waals surface area (Å²) < 4.78 is 27.6. The minimum absolute atomic E-state index is 0.355. The van der Waals surface area contributed by atoms with Crippen LogP contribution in [0.1, 0.15) is 0 Å². The predicted octanol–water partition coefficient (Wildman–Crippen LogP) is 4.28. The minimum Gasteiger partial charge on any atom is -0.398 e. The van der Waals surface area contributed by atoms with Gasteiger partial charge in [0.1, 0.15) is 11.6 Å². The van der Waals surface area contributed by atoms with E-state index in [0.717, 1.165) is 0 Å². The van der Waals surface area contributed by atoms with Crippen LogP contribution in [0, 0.1) is 11.6 Å². The summed E-state index contributed by atoms with van der Waals surface area (Å²) in [7, 11) is 0. The Labute approximate surface area is 120 Å². The maximum absolute atomic E-state index is 13.8. The van der Waals surface area contributed by atoms with E-state index in [1.54, 1.807) is 42.5 Å². The largest absolute Gasteiger partial charge is 0.398 e. The van der Waals surface area contributed by atoms with E-state index in [1.165, 1.54) is 18.3 Å². The first-order valence-electron chi connectivity index (χ1n) is 6.42. The maximum Gasteiger partial charge on any atom is 0.132 e. The molecule has 0 saturated carbocycles. The highest BCUT2D eigenvalue weighted by Gasteiger charge is 2.11. The van der Waals surface area contributed by atoms with Crippen LogP contribution in [0.2, 0.25) is 0 Å². The molecule has 104 valence electrons. The Morgan fingerprint density at radius 2 is 1.33 bits per heavy atom. The Bertz CT molecular complexity index is 800. The minimum atomic E-state index is -0.372. The van der Waals surface area contributed by atoms with Crippen LogP contribution in [-0.2, 0) is 0 Å². The van der Waals surface area contributed by atoms with Crippen molar-refractivity contribution >= 4 is 5.69 Å². The molecule has 2 nitrogen and oxygen atoms in total. The zero-order chi connectivity index (χ0) is 14.8. The van der Waals surface area contributed by atoms with Crippen molar-refractivity contribution in [2.75, 3.05) is 5.73 Å². The monoisotopic (exact) mass is 282 g/mol. The van der Waals surface area contributed by atoms with Crippen molar-refractivity contribution in [2.24, 2.45) is 0 Å². The summed E-state index contributed by atoms with van der Waals surface area (Å²) >= 11 is 0. The Morgan fingerprint density at radius 1 is 0.762 bits per heavy atom. The summed E-state index contributed by atoms with van der Waals surface area (Å²) in [6.45, 7) is 0. The molecule has 3 aromatic rings. The first-order valence-corrected chi connectivity index (χ1v) is 6.42. The van der Waals surface area contributed by atoms with Crippen molar-refractivity contribution < 1.29 is 8.78 Å². The highest BCUT2D eigenvalue weighted by atomic mass is 19.1. The lowest BCUT2D eigenvalue weighted by Crippen LogP contribution is -1.96. The number of hydrogen-bond acceptors (Lipinski definition) is 2. The summed E-state index contributed by atoms with van der Waals surface area (Å²) in [5.74, 6) is -0.743. The van der Waals surface area contributed by atoms with Crippen molar-refractivity contribution in [3.63, 3.8) is 0 Å². The summed E-state index contributed by atoms with van der Waals surface area (Å²) in [5.41, 5.74) is 7.99. The third-order valence-corrected chi connectivity index (χ3v) is 3.25. The highest BCUT2D eigenvalue weighted by molar-refractivity contribution is 5.79. The highest BCUT2D eigenvalue weighted by Crippen LogP contribution is 2.31. The van der Waals surface area contributed by atoms with Gasteiger partial charge in [-0.05, 0) is 24.3 Å². The summed E-state index contributed by atoms with van der Waals surface area (Å²) in [4.78, 5) is 4.20. The van der Waals surface area contributed by atoms with Crippen LogP contribution < -0.4 is 5.73 Å². The van der Waals surface area contributed by atoms with Crippen LogP contribution in [0.25, 0.3) is 22.4 Å². The Hall–Kier alpha value is -2.75. The van der Waals surface area contributed by atoms with Gasteiger partial charge in [-0.1, -0.05) is 30.3 Å². The number of nitrogens with zero attached hydrogens (tertiary/aromatic N) is 1. The molecule has 0 amide bonds. The maximum atomic E-state index is 13.8. The van der Waals surface area contributed by atoms with Crippen LogP contribution in [-0.4, -0.2) is 4.98 Å². The summed E-state index contributed by atoms with van der Waals surface area (Å²) in [6.07, 6.45) is 1.47. The number of hydrogen-bond donors (Lipinski definition) is 1. The second-order valence-electron chi connectivity index (χ2n) is 4.62. The number of nitrogens with two attached hydrogens (primary N) is 1. The van der Waals surface area contributed by atoms with Crippen molar-refractivity contribution in [1.82, 2.24) is 4.98 Å². The average Bonchev–Trinajstić information content (AvgIpc) is 2.49. The zero-order valence-electron chi connectivity index (χ0n) is 11.1. The molecule has 1 heterocycles. The molecule has 1 aromatic heterocycles. The van der Waals surface area contributed by atoms with Gasteiger partial charge >= 0.3 is 0 Å². The number of anilines is 1. The molecule has 4 heteroatoms. The van der Waals surface area contributed by atoms with Crippen molar-refractivity contribution in [3.05, 3.63) is 72.4 Å². The number of benzene rings is 2. The molecule has 0 spiro atoms. The fourth-order valence-electron chi connectivity index (χ4n) is 2.19. The summed E-state index contributed by atoms with van der Waals surface area (Å²) in [5, 5.41) is 0. The Kier molecular flexibility index (Phi) is 3.36. The fraction of sp³-hybridized carbons (Fsp3) is 0. The Morgan fingerprint density at radius 3 is 1.90 bits per heavy atom. The van der Waals surface area contributed by atoms with Gasteiger partial charge in [-0.3, -0.25) is 4.98 Å². The topological polar surface area (TPSA) is 38.9 Å². The van der Waals surface area contributed by atoms with Gasteiger partial charge in [0.15, 0.2) is 0 Å². The second-order valence-corrected chi connectivity index (χ2v) is 4.62. The molecule has 3 rings (SSSR count). The first-order chi connectivity index (χ1) is 10.2. The molecule has 2 aromatic carbocycles. The molecule has 0 aliphatic heterocycles. The van der Waals surface area contributed by atoms with Gasteiger partial charge in [-0.25, -0.2) is 8.78 Å². The van der Waals surface area contributed by atoms with Gasteiger partial charge in [-0.15, -0.1) is 0 Å². The van der Waals surface area contributed by atoms with E-state index in [9.17, 15) is 8.78 Å². The van der Waals surface area contributed by atoms with E-state index in [-0.39, 0.29) is 11.6 Å². The van der Waals surface area contributed by atoms with Gasteiger partial charge in [0.25, 0.3) is 0 Å². The second kappa shape index (κ2) is 5.32. The van der Waals surface area contributed by atoms with Crippen molar-refractivity contribution in [1.29, 1.82) is 0 Å². The van der Waals surface area contributed by atoms with Crippen LogP contribution in [0.4, 0.5) is 14.5 Å². The molecule has 0 radical (unpaired) electrons. The van der Waals surface area contributed by atoms with E-state index in [4.69, 9.17) is 5.73 Å². The van der Waals surface area contributed by atoms with Gasteiger partial charge in [0, 0.05) is 28.6 Å². The number of rotatable bonds is 2. The fourth-order valence-corrected chi connectivity index (χ4v) is 2.19. The summed E-state index contributed by atoms with van der Waals surface area (Å²) in [6, 6.07) is 14.2. The van der Waals surface area contributed by atoms with Gasteiger partial charge in [0.2, 0.25) is 0 Å². The number of nitrogen functional groups attached to an aromatic ring is 1. The number of halogens is 2. The third kappa shape index (κ3) is 2.48. The standard InChI is InChI=1S/C17H12F2N2/c18-14-7-3-1-5-11(14)13-10-21-17(9-16(13)20)12-6-2-4-8-15(12)19/h1-10H,(H2,20,21). The molecule has 0 aliphatic rings. The molecular formula is C17H12F2N2. The zero-order valence-corrected chi connectivity index (χ0v) is 11.1. The quantitative estimate of drug-likeness (QED) is 0.762. The molecule has 0 bridgehead atoms. The number of pyridine rings is 1. The van der Waals surface area contributed by atoms with Crippen LogP contribution in [0.5, 0.6) is 0 Å². The third-order valence-electron chi connectivity index (χ3n) is 3.25. The Balaban J connectivity index is 2.09. The van der Waals surface area contributed by atoms with E-state index >= 15 is 0 Å². The SMILES string of the molecule is Nc1cc(-c2ccccc2F)ncc1-c1ccccc1F. The molecule has 21 heavy (non-hydrogen) atoms.